The van der Waals surface area contributed by atoms with Gasteiger partial charge in [-0.1, -0.05) is 36.4 Å². The normalized spacial score (nSPS) is 10.7. The topological polar surface area (TPSA) is 45.8 Å². The van der Waals surface area contributed by atoms with Crippen molar-refractivity contribution >= 4 is 22.5 Å². The van der Waals surface area contributed by atoms with Gasteiger partial charge in [0.1, 0.15) is 0 Å². The van der Waals surface area contributed by atoms with Crippen molar-refractivity contribution in [2.75, 3.05) is 0 Å². The second kappa shape index (κ2) is 4.27. The maximum absolute atomic E-state index is 11.8. The third-order valence-corrected chi connectivity index (χ3v) is 2.96. The first kappa shape index (κ1) is 11.0. The van der Waals surface area contributed by atoms with Crippen molar-refractivity contribution in [2.24, 2.45) is 0 Å². The largest absolute Gasteiger partial charge is 0.297 e. The van der Waals surface area contributed by atoms with Crippen LogP contribution in [0.25, 0.3) is 22.0 Å². The molecular weight excluding hydrogens is 248 g/mol. The molecule has 0 bridgehead atoms. The monoisotopic (exact) mass is 256 g/mol. The summed E-state index contributed by atoms with van der Waals surface area (Å²) in [5.74, 6) is 0. The van der Waals surface area contributed by atoms with Crippen LogP contribution in [0.15, 0.2) is 53.3 Å². The molecule has 3 aromatic rings. The maximum atomic E-state index is 11.8. The van der Waals surface area contributed by atoms with Crippen LogP contribution >= 0.6 is 11.6 Å². The standard InChI is InChI=1S/C14H9ClN2O/c15-14-16-12-7-6-10(8-11(12)13(18)17-14)9-4-2-1-3-5-9/h1-8H,(H,16,17,18). The van der Waals surface area contributed by atoms with E-state index in [-0.39, 0.29) is 10.8 Å². The van der Waals surface area contributed by atoms with Crippen LogP contribution in [-0.2, 0) is 0 Å². The van der Waals surface area contributed by atoms with Gasteiger partial charge in [-0.05, 0) is 34.9 Å². The van der Waals surface area contributed by atoms with E-state index in [1.54, 1.807) is 6.07 Å². The Bertz CT molecular complexity index is 766. The third kappa shape index (κ3) is 1.89. The fraction of sp³-hybridized carbons (Fsp3) is 0. The molecular formula is C14H9ClN2O. The first-order valence-electron chi connectivity index (χ1n) is 5.49. The fourth-order valence-electron chi connectivity index (χ4n) is 1.92. The first-order chi connectivity index (χ1) is 8.74. The number of hydrogen-bond acceptors (Lipinski definition) is 2. The SMILES string of the molecule is O=c1[nH]c(Cl)nc2ccc(-c3ccccc3)cc12. The first-order valence-corrected chi connectivity index (χ1v) is 5.87. The van der Waals surface area contributed by atoms with Gasteiger partial charge in [0.05, 0.1) is 10.9 Å². The number of hydrogen-bond donors (Lipinski definition) is 1. The van der Waals surface area contributed by atoms with Crippen molar-refractivity contribution < 1.29 is 0 Å². The fourth-order valence-corrected chi connectivity index (χ4v) is 2.10. The Balaban J connectivity index is 2.27. The Morgan fingerprint density at radius 3 is 2.56 bits per heavy atom. The molecule has 0 atom stereocenters. The molecule has 0 saturated carbocycles. The molecule has 1 heterocycles. The molecule has 1 aromatic heterocycles. The average molecular weight is 257 g/mol. The van der Waals surface area contributed by atoms with Crippen LogP contribution in [0.2, 0.25) is 5.28 Å². The van der Waals surface area contributed by atoms with E-state index >= 15 is 0 Å². The molecule has 0 aliphatic rings. The molecule has 3 nitrogen and oxygen atoms in total. The molecule has 2 aromatic carbocycles. The highest BCUT2D eigenvalue weighted by Crippen LogP contribution is 2.22. The minimum absolute atomic E-state index is 0.111. The number of rotatable bonds is 1. The summed E-state index contributed by atoms with van der Waals surface area (Å²) in [5.41, 5.74) is 2.43. The van der Waals surface area contributed by atoms with E-state index in [1.807, 2.05) is 42.5 Å². The summed E-state index contributed by atoms with van der Waals surface area (Å²) < 4.78 is 0. The molecule has 88 valence electrons. The van der Waals surface area contributed by atoms with Gasteiger partial charge in [0, 0.05) is 0 Å². The van der Waals surface area contributed by atoms with E-state index in [2.05, 4.69) is 9.97 Å². The smallest absolute Gasteiger partial charge is 0.259 e. The van der Waals surface area contributed by atoms with Crippen molar-refractivity contribution in [3.05, 3.63) is 64.2 Å². The molecule has 3 rings (SSSR count). The zero-order chi connectivity index (χ0) is 12.5. The second-order valence-electron chi connectivity index (χ2n) is 3.95. The molecule has 18 heavy (non-hydrogen) atoms. The summed E-state index contributed by atoms with van der Waals surface area (Å²) in [6, 6.07) is 15.4. The van der Waals surface area contributed by atoms with Crippen LogP contribution in [0, 0.1) is 0 Å². The van der Waals surface area contributed by atoms with Crippen LogP contribution in [0.1, 0.15) is 0 Å². The van der Waals surface area contributed by atoms with E-state index < -0.39 is 0 Å². The number of benzene rings is 2. The van der Waals surface area contributed by atoms with E-state index in [9.17, 15) is 4.79 Å². The summed E-state index contributed by atoms with van der Waals surface area (Å²) in [6.07, 6.45) is 0. The van der Waals surface area contributed by atoms with E-state index in [4.69, 9.17) is 11.6 Å². The number of fused-ring (bicyclic) bond motifs is 1. The van der Waals surface area contributed by atoms with Gasteiger partial charge in [-0.2, -0.15) is 0 Å². The molecule has 1 N–H and O–H groups in total. The zero-order valence-electron chi connectivity index (χ0n) is 9.35. The van der Waals surface area contributed by atoms with E-state index in [0.29, 0.717) is 10.9 Å². The number of nitrogens with one attached hydrogen (secondary N) is 1. The van der Waals surface area contributed by atoms with Crippen molar-refractivity contribution in [2.45, 2.75) is 0 Å². The summed E-state index contributed by atoms with van der Waals surface area (Å²) >= 11 is 5.71. The molecule has 0 spiro atoms. The summed E-state index contributed by atoms with van der Waals surface area (Å²) in [5, 5.41) is 0.653. The third-order valence-electron chi connectivity index (χ3n) is 2.78. The maximum Gasteiger partial charge on any atom is 0.259 e. The molecule has 0 aliphatic carbocycles. The summed E-state index contributed by atoms with van der Waals surface area (Å²) in [4.78, 5) is 18.4. The lowest BCUT2D eigenvalue weighted by Gasteiger charge is -2.03. The number of aromatic nitrogens is 2. The highest BCUT2D eigenvalue weighted by atomic mass is 35.5. The Hall–Kier alpha value is -2.13. The highest BCUT2D eigenvalue weighted by molar-refractivity contribution is 6.28. The minimum atomic E-state index is -0.220. The van der Waals surface area contributed by atoms with Crippen LogP contribution in [0.4, 0.5) is 0 Å². The van der Waals surface area contributed by atoms with Gasteiger partial charge in [0.15, 0.2) is 0 Å². The van der Waals surface area contributed by atoms with Gasteiger partial charge in [0.2, 0.25) is 5.28 Å². The van der Waals surface area contributed by atoms with Gasteiger partial charge >= 0.3 is 0 Å². The lowest BCUT2D eigenvalue weighted by atomic mass is 10.0. The Kier molecular flexibility index (Phi) is 2.61. The van der Waals surface area contributed by atoms with Crippen LogP contribution in [0.5, 0.6) is 0 Å². The number of nitrogens with zero attached hydrogens (tertiary/aromatic N) is 1. The predicted octanol–water partition coefficient (Wildman–Crippen LogP) is 3.24. The number of H-pyrrole nitrogens is 1. The van der Waals surface area contributed by atoms with Crippen molar-refractivity contribution in [3.63, 3.8) is 0 Å². The minimum Gasteiger partial charge on any atom is -0.297 e. The van der Waals surface area contributed by atoms with Crippen LogP contribution in [-0.4, -0.2) is 9.97 Å². The molecule has 0 aliphatic heterocycles. The quantitative estimate of drug-likeness (QED) is 0.680. The molecule has 0 radical (unpaired) electrons. The Morgan fingerprint density at radius 2 is 1.78 bits per heavy atom. The van der Waals surface area contributed by atoms with E-state index in [0.717, 1.165) is 11.1 Å². The van der Waals surface area contributed by atoms with Gasteiger partial charge < -0.3 is 0 Å². The summed E-state index contributed by atoms with van der Waals surface area (Å²) in [7, 11) is 0. The highest BCUT2D eigenvalue weighted by Gasteiger charge is 2.04. The Labute approximate surface area is 108 Å². The molecule has 4 heteroatoms. The lowest BCUT2D eigenvalue weighted by Crippen LogP contribution is -2.07. The van der Waals surface area contributed by atoms with Gasteiger partial charge in [-0.3, -0.25) is 9.78 Å². The molecule has 0 saturated heterocycles. The van der Waals surface area contributed by atoms with Gasteiger partial charge in [-0.25, -0.2) is 4.98 Å². The van der Waals surface area contributed by atoms with Crippen LogP contribution < -0.4 is 5.56 Å². The zero-order valence-corrected chi connectivity index (χ0v) is 10.1. The number of halogens is 1. The summed E-state index contributed by atoms with van der Waals surface area (Å²) in [6.45, 7) is 0. The van der Waals surface area contributed by atoms with Crippen molar-refractivity contribution in [3.8, 4) is 11.1 Å². The van der Waals surface area contributed by atoms with E-state index in [1.165, 1.54) is 0 Å². The second-order valence-corrected chi connectivity index (χ2v) is 4.31. The van der Waals surface area contributed by atoms with Crippen LogP contribution in [0.3, 0.4) is 0 Å². The van der Waals surface area contributed by atoms with Crippen molar-refractivity contribution in [1.82, 2.24) is 9.97 Å². The van der Waals surface area contributed by atoms with Gasteiger partial charge in [0.25, 0.3) is 5.56 Å². The number of aromatic amines is 1. The molecule has 0 amide bonds. The lowest BCUT2D eigenvalue weighted by molar-refractivity contribution is 1.17. The average Bonchev–Trinajstić information content (AvgIpc) is 2.39. The van der Waals surface area contributed by atoms with Crippen molar-refractivity contribution in [1.29, 1.82) is 0 Å². The molecule has 0 fully saturated rings. The Morgan fingerprint density at radius 1 is 1.00 bits per heavy atom. The van der Waals surface area contributed by atoms with Gasteiger partial charge in [-0.15, -0.1) is 0 Å². The molecule has 0 unspecified atom stereocenters. The predicted molar refractivity (Wildman–Crippen MR) is 72.8 cm³/mol.